The lowest BCUT2D eigenvalue weighted by Gasteiger charge is -2.12. The first-order chi connectivity index (χ1) is 8.83. The highest BCUT2D eigenvalue weighted by molar-refractivity contribution is 7.96. The van der Waals surface area contributed by atoms with E-state index in [0.717, 1.165) is 0 Å². The number of phenols is 1. The number of allylic oxidation sites excluding steroid dienone is 1. The van der Waals surface area contributed by atoms with Crippen molar-refractivity contribution in [1.29, 1.82) is 0 Å². The fourth-order valence-corrected chi connectivity index (χ4v) is 2.49. The van der Waals surface area contributed by atoms with Crippen LogP contribution in [-0.2, 0) is 10.0 Å². The zero-order valence-electron chi connectivity index (χ0n) is 10.1. The molecule has 0 saturated carbocycles. The first-order valence-electron chi connectivity index (χ1n) is 5.41. The number of benzene rings is 2. The molecule has 0 aliphatic rings. The molecule has 0 heterocycles. The number of anilines is 1. The molecule has 0 aromatic heterocycles. The Bertz CT molecular complexity index is 769. The molecule has 2 N–H and O–H groups in total. The molecule has 19 heavy (non-hydrogen) atoms. The van der Waals surface area contributed by atoms with E-state index >= 15 is 0 Å². The Balaban J connectivity index is 2.69. The first kappa shape index (κ1) is 13.7. The van der Waals surface area contributed by atoms with E-state index in [4.69, 9.17) is 11.6 Å². The van der Waals surface area contributed by atoms with Crippen LogP contribution in [0.3, 0.4) is 0 Å². The molecule has 100 valence electrons. The maximum Gasteiger partial charge on any atom is 0.257 e. The molecule has 0 spiro atoms. The average molecular weight is 298 g/mol. The Kier molecular flexibility index (Phi) is 3.43. The molecular formula is C13H12ClNO3S. The van der Waals surface area contributed by atoms with Gasteiger partial charge in [-0.15, -0.1) is 0 Å². The van der Waals surface area contributed by atoms with Crippen molar-refractivity contribution in [3.63, 3.8) is 0 Å². The molecule has 2 rings (SSSR count). The van der Waals surface area contributed by atoms with Crippen molar-refractivity contribution in [2.45, 2.75) is 6.92 Å². The van der Waals surface area contributed by atoms with E-state index in [1.54, 1.807) is 24.3 Å². The number of aromatic hydroxyl groups is 1. The largest absolute Gasteiger partial charge is 0.506 e. The normalized spacial score (nSPS) is 11.5. The Hall–Kier alpha value is -1.72. The fraction of sp³-hybridized carbons (Fsp3) is 0.0769. The summed E-state index contributed by atoms with van der Waals surface area (Å²) in [5.41, 5.74) is 0.307. The van der Waals surface area contributed by atoms with Crippen molar-refractivity contribution in [3.8, 4) is 5.75 Å². The van der Waals surface area contributed by atoms with Crippen LogP contribution in [0, 0.1) is 0 Å². The highest BCUT2D eigenvalue weighted by atomic mass is 35.5. The number of fused-ring (bicyclic) bond motifs is 1. The third-order valence-electron chi connectivity index (χ3n) is 2.67. The van der Waals surface area contributed by atoms with Gasteiger partial charge in [-0.1, -0.05) is 42.4 Å². The van der Waals surface area contributed by atoms with Gasteiger partial charge in [-0.25, -0.2) is 8.42 Å². The Labute approximate surface area is 116 Å². The molecule has 0 unspecified atom stereocenters. The molecular weight excluding hydrogens is 286 g/mol. The zero-order chi connectivity index (χ0) is 14.2. The summed E-state index contributed by atoms with van der Waals surface area (Å²) in [7, 11) is -3.66. The van der Waals surface area contributed by atoms with Gasteiger partial charge in [0, 0.05) is 10.8 Å². The average Bonchev–Trinajstić information content (AvgIpc) is 2.35. The van der Waals surface area contributed by atoms with Crippen LogP contribution in [0.1, 0.15) is 6.92 Å². The van der Waals surface area contributed by atoms with Crippen LogP contribution in [0.15, 0.2) is 41.8 Å². The third kappa shape index (κ3) is 2.52. The second-order valence-electron chi connectivity index (χ2n) is 4.11. The predicted molar refractivity (Wildman–Crippen MR) is 78.0 cm³/mol. The van der Waals surface area contributed by atoms with Gasteiger partial charge in [0.2, 0.25) is 0 Å². The molecule has 0 saturated heterocycles. The van der Waals surface area contributed by atoms with E-state index < -0.39 is 10.0 Å². The summed E-state index contributed by atoms with van der Waals surface area (Å²) in [6.45, 7) is 4.81. The van der Waals surface area contributed by atoms with Crippen LogP contribution >= 0.6 is 11.6 Å². The van der Waals surface area contributed by atoms with Gasteiger partial charge in [0.25, 0.3) is 10.0 Å². The van der Waals surface area contributed by atoms with E-state index in [1.165, 1.54) is 13.0 Å². The standard InChI is InChI=1S/C13H12ClNO3S/c1-8(2)19(17,18)15-12-7-11(14)13(16)10-6-4-3-5-9(10)12/h3-7,15-16H,1H2,2H3. The molecule has 4 nitrogen and oxygen atoms in total. The summed E-state index contributed by atoms with van der Waals surface area (Å²) in [5, 5.41) is 11.0. The summed E-state index contributed by atoms with van der Waals surface area (Å²) in [6, 6.07) is 8.21. The van der Waals surface area contributed by atoms with Crippen LogP contribution in [0.25, 0.3) is 10.8 Å². The number of hydrogen-bond acceptors (Lipinski definition) is 3. The van der Waals surface area contributed by atoms with Crippen LogP contribution in [0.4, 0.5) is 5.69 Å². The van der Waals surface area contributed by atoms with Crippen molar-refractivity contribution in [2.24, 2.45) is 0 Å². The lowest BCUT2D eigenvalue weighted by atomic mass is 10.1. The Morgan fingerprint density at radius 3 is 2.47 bits per heavy atom. The lowest BCUT2D eigenvalue weighted by Crippen LogP contribution is -2.13. The van der Waals surface area contributed by atoms with Crippen LogP contribution < -0.4 is 4.72 Å². The van der Waals surface area contributed by atoms with Gasteiger partial charge >= 0.3 is 0 Å². The van der Waals surface area contributed by atoms with Gasteiger partial charge in [0.1, 0.15) is 5.75 Å². The number of hydrogen-bond donors (Lipinski definition) is 2. The smallest absolute Gasteiger partial charge is 0.257 e. The van der Waals surface area contributed by atoms with E-state index in [0.29, 0.717) is 16.5 Å². The summed E-state index contributed by atoms with van der Waals surface area (Å²) in [4.78, 5) is 0.000721. The minimum atomic E-state index is -3.66. The zero-order valence-corrected chi connectivity index (χ0v) is 11.7. The quantitative estimate of drug-likeness (QED) is 0.852. The van der Waals surface area contributed by atoms with Crippen molar-refractivity contribution >= 4 is 38.1 Å². The molecule has 0 amide bonds. The molecule has 0 fully saturated rings. The topological polar surface area (TPSA) is 66.4 Å². The van der Waals surface area contributed by atoms with Gasteiger partial charge in [-0.2, -0.15) is 0 Å². The number of halogens is 1. The molecule has 0 bridgehead atoms. The summed E-state index contributed by atoms with van der Waals surface area (Å²) in [6.07, 6.45) is 0. The molecule has 0 aliphatic heterocycles. The second-order valence-corrected chi connectivity index (χ2v) is 6.42. The van der Waals surface area contributed by atoms with E-state index in [-0.39, 0.29) is 15.7 Å². The van der Waals surface area contributed by atoms with Crippen LogP contribution in [0.2, 0.25) is 5.02 Å². The van der Waals surface area contributed by atoms with Gasteiger partial charge in [-0.3, -0.25) is 4.72 Å². The van der Waals surface area contributed by atoms with Crippen LogP contribution in [-0.4, -0.2) is 13.5 Å². The lowest BCUT2D eigenvalue weighted by molar-refractivity contribution is 0.482. The number of nitrogens with one attached hydrogen (secondary N) is 1. The van der Waals surface area contributed by atoms with Crippen molar-refractivity contribution in [3.05, 3.63) is 46.8 Å². The van der Waals surface area contributed by atoms with Crippen LogP contribution in [0.5, 0.6) is 5.75 Å². The number of sulfonamides is 1. The maximum atomic E-state index is 11.8. The number of phenolic OH excluding ortho intramolecular Hbond substituents is 1. The van der Waals surface area contributed by atoms with Crippen molar-refractivity contribution in [1.82, 2.24) is 0 Å². The Morgan fingerprint density at radius 1 is 1.32 bits per heavy atom. The molecule has 0 atom stereocenters. The third-order valence-corrected chi connectivity index (χ3v) is 4.37. The monoisotopic (exact) mass is 297 g/mol. The minimum Gasteiger partial charge on any atom is -0.506 e. The SMILES string of the molecule is C=C(C)S(=O)(=O)Nc1cc(Cl)c(O)c2ccccc12. The van der Waals surface area contributed by atoms with E-state index in [9.17, 15) is 13.5 Å². The minimum absolute atomic E-state index is 0.000721. The van der Waals surface area contributed by atoms with E-state index in [1.807, 2.05) is 0 Å². The first-order valence-corrected chi connectivity index (χ1v) is 7.27. The summed E-state index contributed by atoms with van der Waals surface area (Å²) < 4.78 is 26.1. The maximum absolute atomic E-state index is 11.8. The van der Waals surface area contributed by atoms with Crippen molar-refractivity contribution < 1.29 is 13.5 Å². The molecule has 0 radical (unpaired) electrons. The summed E-state index contributed by atoms with van der Waals surface area (Å²) in [5.74, 6) is -0.0736. The highest BCUT2D eigenvalue weighted by Crippen LogP contribution is 2.37. The molecule has 0 aliphatic carbocycles. The highest BCUT2D eigenvalue weighted by Gasteiger charge is 2.16. The fourth-order valence-electron chi connectivity index (χ4n) is 1.64. The van der Waals surface area contributed by atoms with Gasteiger partial charge < -0.3 is 5.11 Å². The Morgan fingerprint density at radius 2 is 1.89 bits per heavy atom. The molecule has 2 aromatic carbocycles. The molecule has 2 aromatic rings. The summed E-state index contributed by atoms with van der Waals surface area (Å²) >= 11 is 5.89. The predicted octanol–water partition coefficient (Wildman–Crippen LogP) is 3.47. The second kappa shape index (κ2) is 4.75. The molecule has 6 heteroatoms. The van der Waals surface area contributed by atoms with Gasteiger partial charge in [0.05, 0.1) is 15.6 Å². The van der Waals surface area contributed by atoms with Gasteiger partial charge in [0.15, 0.2) is 0 Å². The van der Waals surface area contributed by atoms with E-state index in [2.05, 4.69) is 11.3 Å². The van der Waals surface area contributed by atoms with Crippen molar-refractivity contribution in [2.75, 3.05) is 4.72 Å². The number of rotatable bonds is 3. The van der Waals surface area contributed by atoms with Gasteiger partial charge in [-0.05, 0) is 13.0 Å².